The lowest BCUT2D eigenvalue weighted by Crippen LogP contribution is -2.37. The molecule has 0 radical (unpaired) electrons. The molecule has 5 nitrogen and oxygen atoms in total. The van der Waals surface area contributed by atoms with Crippen molar-refractivity contribution < 1.29 is 13.5 Å². The van der Waals surface area contributed by atoms with Crippen LogP contribution in [0.1, 0.15) is 17.5 Å². The molecule has 2 aromatic rings. The quantitative estimate of drug-likeness (QED) is 0.819. The van der Waals surface area contributed by atoms with E-state index < -0.39 is 15.4 Å². The van der Waals surface area contributed by atoms with E-state index in [4.69, 9.17) is 5.73 Å². The second-order valence-electron chi connectivity index (χ2n) is 4.86. The summed E-state index contributed by atoms with van der Waals surface area (Å²) in [6.07, 6.45) is 1.61. The largest absolute Gasteiger partial charge is 0.383 e. The minimum absolute atomic E-state index is 0.0717. The molecule has 0 bridgehead atoms. The van der Waals surface area contributed by atoms with Crippen molar-refractivity contribution in [1.29, 1.82) is 0 Å². The van der Waals surface area contributed by atoms with E-state index in [2.05, 4.69) is 4.98 Å². The zero-order chi connectivity index (χ0) is 14.4. The van der Waals surface area contributed by atoms with Crippen LogP contribution in [0.25, 0.3) is 0 Å². The van der Waals surface area contributed by atoms with Crippen molar-refractivity contribution in [3.8, 4) is 0 Å². The van der Waals surface area contributed by atoms with Crippen LogP contribution in [0.3, 0.4) is 0 Å². The molecule has 104 valence electrons. The third-order valence-corrected chi connectivity index (χ3v) is 5.45. The Morgan fingerprint density at radius 2 is 1.85 bits per heavy atom. The fourth-order valence-electron chi connectivity index (χ4n) is 2.65. The van der Waals surface area contributed by atoms with Crippen LogP contribution < -0.4 is 5.73 Å². The molecule has 6 heteroatoms. The summed E-state index contributed by atoms with van der Waals surface area (Å²) >= 11 is 0. The zero-order valence-corrected chi connectivity index (χ0v) is 11.5. The number of aliphatic hydroxyl groups is 1. The van der Waals surface area contributed by atoms with Crippen molar-refractivity contribution >= 4 is 15.7 Å². The highest BCUT2D eigenvalue weighted by Crippen LogP contribution is 2.42. The Hall–Kier alpha value is -1.92. The molecule has 1 atom stereocenters. The van der Waals surface area contributed by atoms with Gasteiger partial charge in [-0.1, -0.05) is 24.3 Å². The minimum Gasteiger partial charge on any atom is -0.383 e. The third kappa shape index (κ3) is 1.80. The SMILES string of the molecule is Nc1ncccc1C1(O)CCS(=O)(=O)c2ccccc21. The van der Waals surface area contributed by atoms with Crippen LogP contribution in [-0.2, 0) is 15.4 Å². The summed E-state index contributed by atoms with van der Waals surface area (Å²) in [5, 5.41) is 11.0. The lowest BCUT2D eigenvalue weighted by atomic mass is 9.84. The maximum Gasteiger partial charge on any atom is 0.178 e. The van der Waals surface area contributed by atoms with Gasteiger partial charge in [-0.25, -0.2) is 13.4 Å². The number of hydrogen-bond acceptors (Lipinski definition) is 5. The molecule has 0 saturated carbocycles. The van der Waals surface area contributed by atoms with E-state index in [1.54, 1.807) is 30.3 Å². The van der Waals surface area contributed by atoms with Gasteiger partial charge >= 0.3 is 0 Å². The average Bonchev–Trinajstić information content (AvgIpc) is 2.44. The standard InChI is InChI=1S/C14H14N2O3S/c15-13-11(5-3-8-16-13)14(17)7-9-20(18,19)12-6-2-1-4-10(12)14/h1-6,8,17H,7,9H2,(H2,15,16). The van der Waals surface area contributed by atoms with Crippen molar-refractivity contribution in [1.82, 2.24) is 4.98 Å². The summed E-state index contributed by atoms with van der Waals surface area (Å²) in [7, 11) is -3.36. The maximum absolute atomic E-state index is 12.1. The summed E-state index contributed by atoms with van der Waals surface area (Å²) in [5.41, 5.74) is 5.24. The number of nitrogens with two attached hydrogens (primary N) is 1. The van der Waals surface area contributed by atoms with Gasteiger partial charge in [0, 0.05) is 17.3 Å². The first kappa shape index (κ1) is 13.1. The van der Waals surface area contributed by atoms with Crippen LogP contribution in [0.15, 0.2) is 47.5 Å². The van der Waals surface area contributed by atoms with Crippen LogP contribution in [0.2, 0.25) is 0 Å². The number of nitrogens with zero attached hydrogens (tertiary/aromatic N) is 1. The molecule has 1 aliphatic heterocycles. The van der Waals surface area contributed by atoms with E-state index in [-0.39, 0.29) is 22.9 Å². The zero-order valence-electron chi connectivity index (χ0n) is 10.7. The maximum atomic E-state index is 12.1. The Morgan fingerprint density at radius 3 is 2.60 bits per heavy atom. The van der Waals surface area contributed by atoms with E-state index in [0.29, 0.717) is 11.1 Å². The summed E-state index contributed by atoms with van der Waals surface area (Å²) in [4.78, 5) is 4.14. The van der Waals surface area contributed by atoms with Crippen molar-refractivity contribution in [3.05, 3.63) is 53.7 Å². The Bertz CT molecular complexity index is 773. The molecule has 1 aliphatic rings. The van der Waals surface area contributed by atoms with Crippen molar-refractivity contribution in [3.63, 3.8) is 0 Å². The molecular formula is C14H14N2O3S. The molecule has 0 aliphatic carbocycles. The van der Waals surface area contributed by atoms with Gasteiger partial charge in [-0.3, -0.25) is 0 Å². The molecular weight excluding hydrogens is 276 g/mol. The molecule has 1 unspecified atom stereocenters. The van der Waals surface area contributed by atoms with E-state index in [9.17, 15) is 13.5 Å². The van der Waals surface area contributed by atoms with Crippen LogP contribution >= 0.6 is 0 Å². The third-order valence-electron chi connectivity index (χ3n) is 3.68. The molecule has 1 aromatic heterocycles. The predicted octanol–water partition coefficient (Wildman–Crippen LogP) is 1.08. The van der Waals surface area contributed by atoms with Gasteiger partial charge in [0.2, 0.25) is 0 Å². The number of fused-ring (bicyclic) bond motifs is 1. The van der Waals surface area contributed by atoms with E-state index in [1.807, 2.05) is 0 Å². The predicted molar refractivity (Wildman–Crippen MR) is 74.8 cm³/mol. The van der Waals surface area contributed by atoms with Gasteiger partial charge in [0.1, 0.15) is 11.4 Å². The van der Waals surface area contributed by atoms with Crippen LogP contribution in [0, 0.1) is 0 Å². The Labute approximate surface area is 117 Å². The van der Waals surface area contributed by atoms with Gasteiger partial charge in [-0.2, -0.15) is 0 Å². The normalized spacial score (nSPS) is 24.1. The number of rotatable bonds is 1. The van der Waals surface area contributed by atoms with Crippen LogP contribution in [-0.4, -0.2) is 24.3 Å². The number of aromatic nitrogens is 1. The number of anilines is 1. The van der Waals surface area contributed by atoms with Crippen molar-refractivity contribution in [2.75, 3.05) is 11.5 Å². The fraction of sp³-hybridized carbons (Fsp3) is 0.214. The van der Waals surface area contributed by atoms with Gasteiger partial charge in [0.05, 0.1) is 10.6 Å². The molecule has 2 heterocycles. The summed E-state index contributed by atoms with van der Waals surface area (Å²) in [6.45, 7) is 0. The van der Waals surface area contributed by atoms with Crippen molar-refractivity contribution in [2.24, 2.45) is 0 Å². The van der Waals surface area contributed by atoms with Crippen LogP contribution in [0.5, 0.6) is 0 Å². The number of benzene rings is 1. The van der Waals surface area contributed by atoms with E-state index in [1.165, 1.54) is 12.3 Å². The lowest BCUT2D eigenvalue weighted by Gasteiger charge is -2.34. The molecule has 3 rings (SSSR count). The van der Waals surface area contributed by atoms with Gasteiger partial charge in [0.15, 0.2) is 9.84 Å². The van der Waals surface area contributed by atoms with Crippen LogP contribution in [0.4, 0.5) is 5.82 Å². The molecule has 0 amide bonds. The first-order valence-corrected chi connectivity index (χ1v) is 7.86. The monoisotopic (exact) mass is 290 g/mol. The minimum atomic E-state index is -3.36. The summed E-state index contributed by atoms with van der Waals surface area (Å²) in [6, 6.07) is 9.85. The summed E-state index contributed by atoms with van der Waals surface area (Å²) < 4.78 is 24.2. The second-order valence-corrected chi connectivity index (χ2v) is 6.94. The molecule has 3 N–H and O–H groups in total. The number of pyridine rings is 1. The second kappa shape index (κ2) is 4.29. The highest BCUT2D eigenvalue weighted by atomic mass is 32.2. The molecule has 1 aromatic carbocycles. The number of nitrogen functional groups attached to an aromatic ring is 1. The number of hydrogen-bond donors (Lipinski definition) is 2. The summed E-state index contributed by atoms with van der Waals surface area (Å²) in [5.74, 6) is 0.0959. The van der Waals surface area contributed by atoms with E-state index in [0.717, 1.165) is 0 Å². The lowest BCUT2D eigenvalue weighted by molar-refractivity contribution is 0.0722. The van der Waals surface area contributed by atoms with Crippen molar-refractivity contribution in [2.45, 2.75) is 16.9 Å². The number of sulfone groups is 1. The topological polar surface area (TPSA) is 93.3 Å². The first-order chi connectivity index (χ1) is 9.45. The Balaban J connectivity index is 2.29. The van der Waals surface area contributed by atoms with Gasteiger partial charge in [0.25, 0.3) is 0 Å². The fourth-order valence-corrected chi connectivity index (χ4v) is 4.30. The van der Waals surface area contributed by atoms with Gasteiger partial charge in [-0.15, -0.1) is 0 Å². The average molecular weight is 290 g/mol. The van der Waals surface area contributed by atoms with E-state index >= 15 is 0 Å². The smallest absolute Gasteiger partial charge is 0.178 e. The molecule has 0 saturated heterocycles. The highest BCUT2D eigenvalue weighted by Gasteiger charge is 2.42. The van der Waals surface area contributed by atoms with Gasteiger partial charge in [-0.05, 0) is 18.6 Å². The van der Waals surface area contributed by atoms with Gasteiger partial charge < -0.3 is 10.8 Å². The Morgan fingerprint density at radius 1 is 1.15 bits per heavy atom. The molecule has 0 spiro atoms. The Kier molecular flexibility index (Phi) is 2.81. The first-order valence-electron chi connectivity index (χ1n) is 6.21. The highest BCUT2D eigenvalue weighted by molar-refractivity contribution is 7.91. The molecule has 20 heavy (non-hydrogen) atoms. The molecule has 0 fully saturated rings.